The van der Waals surface area contributed by atoms with E-state index in [0.717, 1.165) is 3.57 Å². The SMILES string of the molecule is NC[C@H](N)c1cc(I)ccc1O. The molecule has 0 aromatic heterocycles. The number of rotatable bonds is 2. The first-order valence-corrected chi connectivity index (χ1v) is 4.67. The van der Waals surface area contributed by atoms with Crippen molar-refractivity contribution in [2.75, 3.05) is 6.54 Å². The summed E-state index contributed by atoms with van der Waals surface area (Å²) in [6.07, 6.45) is 0. The Kier molecular flexibility index (Phi) is 3.30. The van der Waals surface area contributed by atoms with Gasteiger partial charge >= 0.3 is 0 Å². The molecule has 0 saturated heterocycles. The quantitative estimate of drug-likeness (QED) is 0.705. The number of halogens is 1. The number of phenols is 1. The van der Waals surface area contributed by atoms with Gasteiger partial charge in [0.2, 0.25) is 0 Å². The Balaban J connectivity index is 3.04. The molecule has 0 fully saturated rings. The molecule has 3 nitrogen and oxygen atoms in total. The molecule has 66 valence electrons. The van der Waals surface area contributed by atoms with Crippen LogP contribution >= 0.6 is 22.6 Å². The number of hydrogen-bond donors (Lipinski definition) is 3. The maximum Gasteiger partial charge on any atom is 0.120 e. The summed E-state index contributed by atoms with van der Waals surface area (Å²) in [4.78, 5) is 0. The Hall–Kier alpha value is -0.330. The van der Waals surface area contributed by atoms with Crippen LogP contribution in [0.15, 0.2) is 18.2 Å². The third-order valence-corrected chi connectivity index (χ3v) is 2.31. The van der Waals surface area contributed by atoms with E-state index in [1.54, 1.807) is 6.07 Å². The standard InChI is InChI=1S/C8H11IN2O/c9-5-1-2-8(12)6(3-5)7(11)4-10/h1-3,7,12H,4,10-11H2/t7-/m0/s1. The average molecular weight is 278 g/mol. The Morgan fingerprint density at radius 3 is 2.75 bits per heavy atom. The molecule has 1 rings (SSSR count). The summed E-state index contributed by atoms with van der Waals surface area (Å²) in [5, 5.41) is 9.40. The van der Waals surface area contributed by atoms with E-state index in [2.05, 4.69) is 22.6 Å². The molecule has 4 heteroatoms. The van der Waals surface area contributed by atoms with E-state index in [1.807, 2.05) is 12.1 Å². The van der Waals surface area contributed by atoms with Crippen molar-refractivity contribution in [3.8, 4) is 5.75 Å². The van der Waals surface area contributed by atoms with Crippen molar-refractivity contribution in [1.82, 2.24) is 0 Å². The molecule has 0 spiro atoms. The Bertz CT molecular complexity index is 278. The minimum absolute atomic E-state index is 0.216. The molecular formula is C8H11IN2O. The van der Waals surface area contributed by atoms with Crippen LogP contribution in [0.25, 0.3) is 0 Å². The van der Waals surface area contributed by atoms with E-state index >= 15 is 0 Å². The highest BCUT2D eigenvalue weighted by atomic mass is 127. The van der Waals surface area contributed by atoms with E-state index in [0.29, 0.717) is 12.1 Å². The van der Waals surface area contributed by atoms with E-state index < -0.39 is 0 Å². The molecule has 1 aromatic rings. The zero-order valence-electron chi connectivity index (χ0n) is 6.50. The molecule has 0 aliphatic rings. The van der Waals surface area contributed by atoms with E-state index in [-0.39, 0.29) is 11.8 Å². The molecule has 0 saturated carbocycles. The summed E-state index contributed by atoms with van der Waals surface area (Å²) in [6, 6.07) is 5.02. The summed E-state index contributed by atoms with van der Waals surface area (Å²) in [5.74, 6) is 0.216. The summed E-state index contributed by atoms with van der Waals surface area (Å²) in [6.45, 7) is 0.341. The minimum Gasteiger partial charge on any atom is -0.508 e. The predicted octanol–water partition coefficient (Wildman–Crippen LogP) is 0.955. The van der Waals surface area contributed by atoms with Crippen LogP contribution in [0.2, 0.25) is 0 Å². The van der Waals surface area contributed by atoms with Gasteiger partial charge in [-0.1, -0.05) is 0 Å². The van der Waals surface area contributed by atoms with Crippen LogP contribution in [0.3, 0.4) is 0 Å². The second kappa shape index (κ2) is 4.06. The molecule has 0 aliphatic carbocycles. The lowest BCUT2D eigenvalue weighted by Crippen LogP contribution is -2.20. The first-order chi connectivity index (χ1) is 5.65. The fourth-order valence-electron chi connectivity index (χ4n) is 0.949. The van der Waals surface area contributed by atoms with Gasteiger partial charge in [-0.25, -0.2) is 0 Å². The Labute approximate surface area is 84.9 Å². The topological polar surface area (TPSA) is 72.3 Å². The summed E-state index contributed by atoms with van der Waals surface area (Å²) in [7, 11) is 0. The van der Waals surface area contributed by atoms with Gasteiger partial charge in [0.25, 0.3) is 0 Å². The van der Waals surface area contributed by atoms with Gasteiger partial charge in [0.05, 0.1) is 0 Å². The third-order valence-electron chi connectivity index (χ3n) is 1.64. The molecular weight excluding hydrogens is 267 g/mol. The van der Waals surface area contributed by atoms with Gasteiger partial charge < -0.3 is 16.6 Å². The van der Waals surface area contributed by atoms with Crippen LogP contribution in [0.1, 0.15) is 11.6 Å². The van der Waals surface area contributed by atoms with E-state index in [1.165, 1.54) is 0 Å². The van der Waals surface area contributed by atoms with Crippen LogP contribution in [-0.2, 0) is 0 Å². The molecule has 0 unspecified atom stereocenters. The Morgan fingerprint density at radius 2 is 2.17 bits per heavy atom. The zero-order valence-corrected chi connectivity index (χ0v) is 8.65. The van der Waals surface area contributed by atoms with Gasteiger partial charge in [0.15, 0.2) is 0 Å². The lowest BCUT2D eigenvalue weighted by Gasteiger charge is -2.10. The van der Waals surface area contributed by atoms with Crippen molar-refractivity contribution < 1.29 is 5.11 Å². The Morgan fingerprint density at radius 1 is 1.50 bits per heavy atom. The summed E-state index contributed by atoms with van der Waals surface area (Å²) < 4.78 is 1.05. The van der Waals surface area contributed by atoms with Gasteiger partial charge in [-0.3, -0.25) is 0 Å². The van der Waals surface area contributed by atoms with E-state index in [9.17, 15) is 5.11 Å². The molecule has 5 N–H and O–H groups in total. The summed E-state index contributed by atoms with van der Waals surface area (Å²) in [5.41, 5.74) is 11.8. The number of nitrogens with two attached hydrogens (primary N) is 2. The number of aromatic hydroxyl groups is 1. The number of phenolic OH excluding ortho intramolecular Hbond substituents is 1. The van der Waals surface area contributed by atoms with Crippen molar-refractivity contribution in [1.29, 1.82) is 0 Å². The fourth-order valence-corrected chi connectivity index (χ4v) is 1.46. The first kappa shape index (κ1) is 9.76. The highest BCUT2D eigenvalue weighted by molar-refractivity contribution is 14.1. The fraction of sp³-hybridized carbons (Fsp3) is 0.250. The molecule has 0 radical (unpaired) electrons. The van der Waals surface area contributed by atoms with Crippen molar-refractivity contribution >= 4 is 22.6 Å². The molecule has 1 aromatic carbocycles. The molecule has 1 atom stereocenters. The molecule has 0 amide bonds. The van der Waals surface area contributed by atoms with Crippen molar-refractivity contribution in [3.05, 3.63) is 27.3 Å². The first-order valence-electron chi connectivity index (χ1n) is 3.59. The van der Waals surface area contributed by atoms with Gasteiger partial charge in [-0.05, 0) is 40.8 Å². The largest absolute Gasteiger partial charge is 0.508 e. The third kappa shape index (κ3) is 2.09. The monoisotopic (exact) mass is 278 g/mol. The maximum absolute atomic E-state index is 9.40. The van der Waals surface area contributed by atoms with Crippen LogP contribution in [0.4, 0.5) is 0 Å². The van der Waals surface area contributed by atoms with Crippen molar-refractivity contribution in [2.45, 2.75) is 6.04 Å². The second-order valence-corrected chi connectivity index (χ2v) is 3.79. The molecule has 0 heterocycles. The highest BCUT2D eigenvalue weighted by Crippen LogP contribution is 2.23. The van der Waals surface area contributed by atoms with Gasteiger partial charge in [-0.15, -0.1) is 0 Å². The normalized spacial score (nSPS) is 12.9. The van der Waals surface area contributed by atoms with Gasteiger partial charge in [-0.2, -0.15) is 0 Å². The van der Waals surface area contributed by atoms with Crippen molar-refractivity contribution in [2.24, 2.45) is 11.5 Å². The van der Waals surface area contributed by atoms with E-state index in [4.69, 9.17) is 11.5 Å². The van der Waals surface area contributed by atoms with Crippen LogP contribution in [-0.4, -0.2) is 11.7 Å². The second-order valence-electron chi connectivity index (χ2n) is 2.55. The van der Waals surface area contributed by atoms with Gasteiger partial charge in [0.1, 0.15) is 5.75 Å². The zero-order chi connectivity index (χ0) is 9.14. The highest BCUT2D eigenvalue weighted by Gasteiger charge is 2.08. The average Bonchev–Trinajstić information content (AvgIpc) is 2.08. The lowest BCUT2D eigenvalue weighted by molar-refractivity contribution is 0.462. The maximum atomic E-state index is 9.40. The van der Waals surface area contributed by atoms with Gasteiger partial charge in [0, 0.05) is 21.7 Å². The van der Waals surface area contributed by atoms with Crippen LogP contribution in [0, 0.1) is 3.57 Å². The van der Waals surface area contributed by atoms with Crippen LogP contribution in [0.5, 0.6) is 5.75 Å². The lowest BCUT2D eigenvalue weighted by atomic mass is 10.1. The van der Waals surface area contributed by atoms with Crippen molar-refractivity contribution in [3.63, 3.8) is 0 Å². The molecule has 0 bridgehead atoms. The molecule has 12 heavy (non-hydrogen) atoms. The minimum atomic E-state index is -0.278. The molecule has 0 aliphatic heterocycles. The van der Waals surface area contributed by atoms with Crippen LogP contribution < -0.4 is 11.5 Å². The smallest absolute Gasteiger partial charge is 0.120 e. The summed E-state index contributed by atoms with van der Waals surface area (Å²) >= 11 is 2.16. The predicted molar refractivity (Wildman–Crippen MR) is 56.8 cm³/mol. The number of benzene rings is 1. The number of hydrogen-bond acceptors (Lipinski definition) is 3.